The van der Waals surface area contributed by atoms with Gasteiger partial charge in [0.25, 0.3) is 0 Å². The van der Waals surface area contributed by atoms with Crippen LogP contribution in [0, 0.1) is 11.8 Å². The highest BCUT2D eigenvalue weighted by Crippen LogP contribution is 2.46. The van der Waals surface area contributed by atoms with Crippen LogP contribution in [0.15, 0.2) is 48.5 Å². The summed E-state index contributed by atoms with van der Waals surface area (Å²) in [5.41, 5.74) is -0.223. The van der Waals surface area contributed by atoms with E-state index >= 15 is 0 Å². The highest BCUT2D eigenvalue weighted by molar-refractivity contribution is 7.80. The molecule has 2 aromatic carbocycles. The average molecular weight is 443 g/mol. The zero-order valence-electron chi connectivity index (χ0n) is 17.7. The molecule has 0 radical (unpaired) electrons. The van der Waals surface area contributed by atoms with Crippen molar-refractivity contribution in [3.8, 4) is 11.5 Å². The average Bonchev–Trinajstić information content (AvgIpc) is 2.78. The second-order valence-electron chi connectivity index (χ2n) is 7.94. The van der Waals surface area contributed by atoms with Crippen molar-refractivity contribution in [3.05, 3.63) is 54.1 Å². The maximum atomic E-state index is 13.1. The Morgan fingerprint density at radius 3 is 2.52 bits per heavy atom. The Labute approximate surface area is 186 Å². The van der Waals surface area contributed by atoms with Crippen LogP contribution in [0.3, 0.4) is 0 Å². The Hall–Kier alpha value is -2.84. The molecule has 4 rings (SSSR count). The second-order valence-corrected chi connectivity index (χ2v) is 8.33. The monoisotopic (exact) mass is 442 g/mol. The van der Waals surface area contributed by atoms with Gasteiger partial charge in [0.05, 0.1) is 18.8 Å². The van der Waals surface area contributed by atoms with Crippen LogP contribution in [0.1, 0.15) is 25.5 Å². The molecule has 164 valence electrons. The number of aliphatic hydroxyl groups is 1. The van der Waals surface area contributed by atoms with Gasteiger partial charge >= 0.3 is 5.97 Å². The largest absolute Gasteiger partial charge is 0.486 e. The first-order chi connectivity index (χ1) is 14.9. The van der Waals surface area contributed by atoms with Crippen molar-refractivity contribution >= 4 is 29.0 Å². The Kier molecular flexibility index (Phi) is 5.77. The number of esters is 1. The molecule has 2 N–H and O–H groups in total. The summed E-state index contributed by atoms with van der Waals surface area (Å²) in [5, 5.41) is 15.7. The molecule has 2 aliphatic heterocycles. The number of hydrogen-bond donors (Lipinski definition) is 2. The zero-order chi connectivity index (χ0) is 22.2. The molecule has 8 heteroatoms. The summed E-state index contributed by atoms with van der Waals surface area (Å²) in [7, 11) is 1.33. The molecule has 3 atom stereocenters. The third-order valence-corrected chi connectivity index (χ3v) is 6.18. The standard InChI is InChI=1S/C23H26N2O5S/c1-14(2)23(27)19(21(26)28-3)20(15-7-5-4-6-8-15)24-22(31)25(23)16-9-10-17-18(13-16)30-12-11-29-17/h4-10,13-14,19-20,27H,11-12H2,1-3H3,(H,24,31)/t19-,20+,23+/m0/s1. The molecule has 0 aromatic heterocycles. The number of rotatable bonds is 4. The van der Waals surface area contributed by atoms with Crippen molar-refractivity contribution in [1.82, 2.24) is 5.32 Å². The summed E-state index contributed by atoms with van der Waals surface area (Å²) in [6, 6.07) is 14.3. The minimum absolute atomic E-state index is 0.307. The van der Waals surface area contributed by atoms with Gasteiger partial charge in [-0.2, -0.15) is 0 Å². The van der Waals surface area contributed by atoms with Gasteiger partial charge < -0.3 is 24.6 Å². The lowest BCUT2D eigenvalue weighted by atomic mass is 9.76. The van der Waals surface area contributed by atoms with E-state index in [1.165, 1.54) is 7.11 Å². The van der Waals surface area contributed by atoms with Gasteiger partial charge in [-0.15, -0.1) is 0 Å². The van der Waals surface area contributed by atoms with E-state index in [1.54, 1.807) is 23.1 Å². The number of carbonyl (C=O) groups is 1. The molecule has 0 aliphatic carbocycles. The fraction of sp³-hybridized carbons (Fsp3) is 0.391. The van der Waals surface area contributed by atoms with Gasteiger partial charge in [0.15, 0.2) is 22.3 Å². The van der Waals surface area contributed by atoms with Crippen LogP contribution >= 0.6 is 12.2 Å². The van der Waals surface area contributed by atoms with Crippen LogP contribution in [0.4, 0.5) is 5.69 Å². The molecule has 1 fully saturated rings. The fourth-order valence-corrected chi connectivity index (χ4v) is 4.69. The normalized spacial score (nSPS) is 25.2. The van der Waals surface area contributed by atoms with Gasteiger partial charge in [-0.3, -0.25) is 9.69 Å². The highest BCUT2D eigenvalue weighted by Gasteiger charge is 2.58. The summed E-state index contributed by atoms with van der Waals surface area (Å²) >= 11 is 5.72. The first kappa shape index (κ1) is 21.4. The molecule has 0 bridgehead atoms. The molecule has 0 saturated carbocycles. The third kappa shape index (κ3) is 3.59. The molecule has 2 aliphatic rings. The van der Waals surface area contributed by atoms with E-state index in [9.17, 15) is 9.90 Å². The van der Waals surface area contributed by atoms with Crippen LogP contribution in [0.25, 0.3) is 0 Å². The topological polar surface area (TPSA) is 80.3 Å². The fourth-order valence-electron chi connectivity index (χ4n) is 4.31. The van der Waals surface area contributed by atoms with Crippen LogP contribution in [0.5, 0.6) is 11.5 Å². The van der Waals surface area contributed by atoms with Crippen molar-refractivity contribution in [2.24, 2.45) is 11.8 Å². The summed E-state index contributed by atoms with van der Waals surface area (Å²) < 4.78 is 16.5. The molecule has 31 heavy (non-hydrogen) atoms. The van der Waals surface area contributed by atoms with Crippen molar-refractivity contribution in [3.63, 3.8) is 0 Å². The lowest BCUT2D eigenvalue weighted by Crippen LogP contribution is -2.71. The number of benzene rings is 2. The Morgan fingerprint density at radius 2 is 1.87 bits per heavy atom. The summed E-state index contributed by atoms with van der Waals surface area (Å²) in [6.07, 6.45) is 0. The van der Waals surface area contributed by atoms with Gasteiger partial charge in [0.1, 0.15) is 19.1 Å². The van der Waals surface area contributed by atoms with Crippen molar-refractivity contribution in [1.29, 1.82) is 0 Å². The van der Waals surface area contributed by atoms with Gasteiger partial charge in [0.2, 0.25) is 0 Å². The maximum Gasteiger partial charge on any atom is 0.316 e. The number of nitrogens with one attached hydrogen (secondary N) is 1. The minimum Gasteiger partial charge on any atom is -0.486 e. The van der Waals surface area contributed by atoms with E-state index in [-0.39, 0.29) is 5.92 Å². The maximum absolute atomic E-state index is 13.1. The summed E-state index contributed by atoms with van der Waals surface area (Å²) in [6.45, 7) is 4.64. The predicted molar refractivity (Wildman–Crippen MR) is 120 cm³/mol. The smallest absolute Gasteiger partial charge is 0.316 e. The zero-order valence-corrected chi connectivity index (χ0v) is 18.5. The Balaban J connectivity index is 1.85. The summed E-state index contributed by atoms with van der Waals surface area (Å²) in [4.78, 5) is 14.6. The van der Waals surface area contributed by atoms with Gasteiger partial charge in [-0.1, -0.05) is 44.2 Å². The number of methoxy groups -OCH3 is 1. The van der Waals surface area contributed by atoms with Gasteiger partial charge in [-0.25, -0.2) is 0 Å². The molecular formula is C23H26N2O5S. The Bertz CT molecular complexity index is 983. The first-order valence-electron chi connectivity index (χ1n) is 10.2. The first-order valence-corrected chi connectivity index (χ1v) is 10.6. The molecule has 0 unspecified atom stereocenters. The van der Waals surface area contributed by atoms with Crippen LogP contribution in [-0.4, -0.2) is 42.2 Å². The van der Waals surface area contributed by atoms with E-state index in [2.05, 4.69) is 5.32 Å². The molecule has 0 amide bonds. The third-order valence-electron chi connectivity index (χ3n) is 5.88. The van der Waals surface area contributed by atoms with E-state index < -0.39 is 23.7 Å². The number of hydrogen-bond acceptors (Lipinski definition) is 6. The highest BCUT2D eigenvalue weighted by atomic mass is 32.1. The molecule has 7 nitrogen and oxygen atoms in total. The van der Waals surface area contributed by atoms with Crippen molar-refractivity contribution in [2.45, 2.75) is 25.6 Å². The molecular weight excluding hydrogens is 416 g/mol. The SMILES string of the molecule is COC(=O)[C@@H]1[C@@H](c2ccccc2)NC(=S)N(c2ccc3c(c2)OCCO3)[C@@]1(O)C(C)C. The van der Waals surface area contributed by atoms with E-state index in [1.807, 2.05) is 44.2 Å². The lowest BCUT2D eigenvalue weighted by molar-refractivity contribution is -0.163. The van der Waals surface area contributed by atoms with E-state index in [0.717, 1.165) is 5.56 Å². The molecule has 2 heterocycles. The molecule has 1 saturated heterocycles. The van der Waals surface area contributed by atoms with Gasteiger partial charge in [-0.05, 0) is 29.9 Å². The number of carbonyl (C=O) groups excluding carboxylic acids is 1. The number of anilines is 1. The number of fused-ring (bicyclic) bond motifs is 1. The Morgan fingerprint density at radius 1 is 1.19 bits per heavy atom. The van der Waals surface area contributed by atoms with E-state index in [4.69, 9.17) is 26.4 Å². The molecule has 2 aromatic rings. The number of nitrogens with zero attached hydrogens (tertiary/aromatic N) is 1. The van der Waals surface area contributed by atoms with Gasteiger partial charge in [0, 0.05) is 12.0 Å². The number of thiocarbonyl (C=S) groups is 1. The van der Waals surface area contributed by atoms with Crippen LogP contribution in [0.2, 0.25) is 0 Å². The lowest BCUT2D eigenvalue weighted by Gasteiger charge is -2.54. The minimum atomic E-state index is -1.65. The van der Waals surface area contributed by atoms with E-state index in [0.29, 0.717) is 35.5 Å². The van der Waals surface area contributed by atoms with Crippen LogP contribution in [-0.2, 0) is 9.53 Å². The van der Waals surface area contributed by atoms with Crippen LogP contribution < -0.4 is 19.7 Å². The van der Waals surface area contributed by atoms with Crippen molar-refractivity contribution in [2.75, 3.05) is 25.2 Å². The molecule has 0 spiro atoms. The quantitative estimate of drug-likeness (QED) is 0.553. The van der Waals surface area contributed by atoms with Crippen molar-refractivity contribution < 1.29 is 24.1 Å². The summed E-state index contributed by atoms with van der Waals surface area (Å²) in [5.74, 6) is -0.637. The number of ether oxygens (including phenoxy) is 3. The predicted octanol–water partition coefficient (Wildman–Crippen LogP) is 3.03. The second kappa shape index (κ2) is 8.36.